The van der Waals surface area contributed by atoms with E-state index in [0.29, 0.717) is 37.6 Å². The third-order valence-electron chi connectivity index (χ3n) is 4.96. The van der Waals surface area contributed by atoms with Crippen molar-refractivity contribution in [3.8, 4) is 17.0 Å². The van der Waals surface area contributed by atoms with E-state index in [2.05, 4.69) is 15.6 Å². The maximum absolute atomic E-state index is 14.5. The van der Waals surface area contributed by atoms with E-state index in [1.807, 2.05) is 20.8 Å². The molecule has 0 saturated carbocycles. The van der Waals surface area contributed by atoms with Crippen molar-refractivity contribution in [2.45, 2.75) is 32.4 Å². The lowest BCUT2D eigenvalue weighted by Gasteiger charge is -2.34. The Labute approximate surface area is 174 Å². The van der Waals surface area contributed by atoms with E-state index in [1.165, 1.54) is 6.07 Å². The molecular weight excluding hydrogens is 395 g/mol. The van der Waals surface area contributed by atoms with Crippen molar-refractivity contribution < 1.29 is 13.9 Å². The van der Waals surface area contributed by atoms with Crippen LogP contribution in [0, 0.1) is 5.82 Å². The summed E-state index contributed by atoms with van der Waals surface area (Å²) >= 11 is 6.64. The van der Waals surface area contributed by atoms with Gasteiger partial charge in [0.25, 0.3) is 5.91 Å². The number of nitrogens with one attached hydrogen (secondary N) is 2. The van der Waals surface area contributed by atoms with Crippen molar-refractivity contribution in [1.82, 2.24) is 15.2 Å². The van der Waals surface area contributed by atoms with Crippen molar-refractivity contribution >= 4 is 23.3 Å². The van der Waals surface area contributed by atoms with Gasteiger partial charge >= 0.3 is 0 Å². The Morgan fingerprint density at radius 3 is 2.83 bits per heavy atom. The Morgan fingerprint density at radius 1 is 1.34 bits per heavy atom. The van der Waals surface area contributed by atoms with Gasteiger partial charge < -0.3 is 20.3 Å². The number of fused-ring (bicyclic) bond motifs is 2. The zero-order chi connectivity index (χ0) is 20.8. The fraction of sp³-hybridized carbons (Fsp3) is 0.429. The number of carbonyl (C=O) groups is 1. The van der Waals surface area contributed by atoms with Crippen LogP contribution in [0.3, 0.4) is 0 Å². The van der Waals surface area contributed by atoms with Crippen LogP contribution in [0.4, 0.5) is 10.2 Å². The van der Waals surface area contributed by atoms with Gasteiger partial charge in [-0.05, 0) is 32.9 Å². The number of hydrogen-bond donors (Lipinski definition) is 2. The first-order valence-electron chi connectivity index (χ1n) is 9.67. The summed E-state index contributed by atoms with van der Waals surface area (Å²) in [6.07, 6.45) is 0. The van der Waals surface area contributed by atoms with E-state index in [-0.39, 0.29) is 39.5 Å². The number of benzene rings is 1. The van der Waals surface area contributed by atoms with Crippen LogP contribution < -0.4 is 15.4 Å². The van der Waals surface area contributed by atoms with Crippen molar-refractivity contribution in [2.24, 2.45) is 0 Å². The minimum absolute atomic E-state index is 0.0980. The van der Waals surface area contributed by atoms with Gasteiger partial charge in [-0.1, -0.05) is 23.7 Å². The highest BCUT2D eigenvalue weighted by Gasteiger charge is 2.37. The minimum atomic E-state index is -0.440. The van der Waals surface area contributed by atoms with Gasteiger partial charge in [0, 0.05) is 30.7 Å². The van der Waals surface area contributed by atoms with Crippen molar-refractivity contribution in [3.63, 3.8) is 0 Å². The third kappa shape index (κ3) is 3.76. The standard InChI is InChI=1S/C21H24ClFN4O2/c1-21(2,3)26-19-15-18(29-11-12-10-24-8-9-27(12)20(15)28)16(22)17(25-19)13-6-4-5-7-14(13)23/h4-7,12,24H,8-11H2,1-3H3,(H,25,26)/t12-/m1/s1. The molecule has 0 spiro atoms. The smallest absolute Gasteiger partial charge is 0.261 e. The largest absolute Gasteiger partial charge is 0.489 e. The van der Waals surface area contributed by atoms with Gasteiger partial charge in [-0.2, -0.15) is 0 Å². The number of ether oxygens (including phenoxy) is 1. The molecule has 1 atom stereocenters. The van der Waals surface area contributed by atoms with Crippen LogP contribution >= 0.6 is 11.6 Å². The fourth-order valence-corrected chi connectivity index (χ4v) is 3.95. The molecule has 1 saturated heterocycles. The normalized spacial score (nSPS) is 19.1. The molecule has 0 aliphatic carbocycles. The number of pyridine rings is 1. The lowest BCUT2D eigenvalue weighted by molar-refractivity contribution is 0.0607. The molecule has 6 nitrogen and oxygen atoms in total. The monoisotopic (exact) mass is 418 g/mol. The highest BCUT2D eigenvalue weighted by Crippen LogP contribution is 2.43. The van der Waals surface area contributed by atoms with Crippen LogP contribution in [0.2, 0.25) is 5.02 Å². The molecule has 2 N–H and O–H groups in total. The van der Waals surface area contributed by atoms with Crippen LogP contribution in [0.15, 0.2) is 24.3 Å². The van der Waals surface area contributed by atoms with Crippen LogP contribution in [0.1, 0.15) is 31.1 Å². The number of amides is 1. The second-order valence-corrected chi connectivity index (χ2v) is 8.73. The van der Waals surface area contributed by atoms with Crippen LogP contribution in [0.5, 0.6) is 5.75 Å². The molecule has 4 rings (SSSR count). The van der Waals surface area contributed by atoms with Crippen molar-refractivity contribution in [3.05, 3.63) is 40.7 Å². The predicted molar refractivity (Wildman–Crippen MR) is 111 cm³/mol. The topological polar surface area (TPSA) is 66.5 Å². The van der Waals surface area contributed by atoms with E-state index >= 15 is 0 Å². The molecule has 3 heterocycles. The lowest BCUT2D eigenvalue weighted by atomic mass is 10.0. The van der Waals surface area contributed by atoms with Gasteiger partial charge in [0.1, 0.15) is 28.8 Å². The van der Waals surface area contributed by atoms with Crippen LogP contribution in [-0.2, 0) is 0 Å². The van der Waals surface area contributed by atoms with Crippen LogP contribution in [0.25, 0.3) is 11.3 Å². The van der Waals surface area contributed by atoms with Gasteiger partial charge in [0.05, 0.1) is 11.7 Å². The molecule has 1 fully saturated rings. The predicted octanol–water partition coefficient (Wildman–Crippen LogP) is 3.56. The highest BCUT2D eigenvalue weighted by molar-refractivity contribution is 6.35. The average Bonchev–Trinajstić information content (AvgIpc) is 2.81. The summed E-state index contributed by atoms with van der Waals surface area (Å²) in [5.74, 6) is -0.0132. The minimum Gasteiger partial charge on any atom is -0.489 e. The zero-order valence-electron chi connectivity index (χ0n) is 16.7. The summed E-state index contributed by atoms with van der Waals surface area (Å²) in [6, 6.07) is 6.20. The zero-order valence-corrected chi connectivity index (χ0v) is 17.4. The summed E-state index contributed by atoms with van der Waals surface area (Å²) in [5.41, 5.74) is 0.434. The molecule has 0 radical (unpaired) electrons. The van der Waals surface area contributed by atoms with Gasteiger partial charge in [-0.25, -0.2) is 9.37 Å². The summed E-state index contributed by atoms with van der Waals surface area (Å²) in [6.45, 7) is 8.15. The first-order valence-corrected chi connectivity index (χ1v) is 10.0. The Kier molecular flexibility index (Phi) is 5.12. The Morgan fingerprint density at radius 2 is 2.10 bits per heavy atom. The fourth-order valence-electron chi connectivity index (χ4n) is 3.65. The molecule has 0 unspecified atom stereocenters. The maximum atomic E-state index is 14.5. The molecule has 0 bridgehead atoms. The number of anilines is 1. The molecule has 29 heavy (non-hydrogen) atoms. The molecule has 2 aliphatic rings. The van der Waals surface area contributed by atoms with Gasteiger partial charge in [-0.3, -0.25) is 4.79 Å². The van der Waals surface area contributed by atoms with E-state index in [0.717, 1.165) is 0 Å². The first-order chi connectivity index (χ1) is 13.8. The second kappa shape index (κ2) is 7.46. The number of carbonyl (C=O) groups excluding carboxylic acids is 1. The SMILES string of the molecule is CC(C)(C)Nc1nc(-c2ccccc2F)c(Cl)c2c1C(=O)N1CCNC[C@@H]1CO2. The van der Waals surface area contributed by atoms with Crippen molar-refractivity contribution in [1.29, 1.82) is 0 Å². The van der Waals surface area contributed by atoms with E-state index in [4.69, 9.17) is 16.3 Å². The molecule has 1 aromatic carbocycles. The number of rotatable bonds is 2. The van der Waals surface area contributed by atoms with Gasteiger partial charge in [0.15, 0.2) is 5.75 Å². The van der Waals surface area contributed by atoms with Crippen LogP contribution in [-0.4, -0.2) is 53.6 Å². The molecule has 1 amide bonds. The first kappa shape index (κ1) is 19.9. The quantitative estimate of drug-likeness (QED) is 0.780. The van der Waals surface area contributed by atoms with Gasteiger partial charge in [-0.15, -0.1) is 0 Å². The second-order valence-electron chi connectivity index (χ2n) is 8.35. The molecule has 2 aromatic rings. The molecule has 1 aromatic heterocycles. The Hall–Kier alpha value is -2.38. The van der Waals surface area contributed by atoms with Crippen molar-refractivity contribution in [2.75, 3.05) is 31.6 Å². The van der Waals surface area contributed by atoms with E-state index < -0.39 is 5.82 Å². The summed E-state index contributed by atoms with van der Waals surface area (Å²) in [4.78, 5) is 19.9. The molecule has 154 valence electrons. The Balaban J connectivity index is 1.93. The lowest BCUT2D eigenvalue weighted by Crippen LogP contribution is -2.55. The number of hydrogen-bond acceptors (Lipinski definition) is 5. The molecule has 8 heteroatoms. The van der Waals surface area contributed by atoms with E-state index in [1.54, 1.807) is 23.1 Å². The maximum Gasteiger partial charge on any atom is 0.261 e. The molecule has 2 aliphatic heterocycles. The third-order valence-corrected chi connectivity index (χ3v) is 5.31. The number of nitrogens with zero attached hydrogens (tertiary/aromatic N) is 2. The Bertz CT molecular complexity index is 960. The number of halogens is 2. The number of piperazine rings is 1. The summed E-state index contributed by atoms with van der Waals surface area (Å²) in [7, 11) is 0. The number of aromatic nitrogens is 1. The highest BCUT2D eigenvalue weighted by atomic mass is 35.5. The van der Waals surface area contributed by atoms with Gasteiger partial charge in [0.2, 0.25) is 0 Å². The molecular formula is C21H24ClFN4O2. The summed E-state index contributed by atoms with van der Waals surface area (Å²) in [5, 5.41) is 6.71. The summed E-state index contributed by atoms with van der Waals surface area (Å²) < 4.78 is 20.6. The van der Waals surface area contributed by atoms with E-state index in [9.17, 15) is 9.18 Å². The average molecular weight is 419 g/mol.